The number of ether oxygens (including phenoxy) is 10. The van der Waals surface area contributed by atoms with Gasteiger partial charge in [0.1, 0.15) is 49.4 Å². The molecule has 4 amide bonds. The first-order valence-corrected chi connectivity index (χ1v) is 16.7. The van der Waals surface area contributed by atoms with Crippen LogP contribution in [0.15, 0.2) is 36.4 Å². The molecule has 288 valence electrons. The molecule has 0 saturated carbocycles. The molecule has 0 aliphatic carbocycles. The van der Waals surface area contributed by atoms with Crippen LogP contribution in [0.5, 0.6) is 23.0 Å². The quantitative estimate of drug-likeness (QED) is 0.311. The van der Waals surface area contributed by atoms with Crippen LogP contribution in [0, 0.1) is 0 Å². The Morgan fingerprint density at radius 2 is 0.692 bits per heavy atom. The highest BCUT2D eigenvalue weighted by molar-refractivity contribution is 5.98. The maximum absolute atomic E-state index is 12.6. The Kier molecular flexibility index (Phi) is 20.3. The summed E-state index contributed by atoms with van der Waals surface area (Å²) in [6, 6.07) is 9.45. The summed E-state index contributed by atoms with van der Waals surface area (Å²) in [7, 11) is 0. The van der Waals surface area contributed by atoms with Crippen molar-refractivity contribution in [2.24, 2.45) is 0 Å². The van der Waals surface area contributed by atoms with E-state index in [1.807, 2.05) is 0 Å². The zero-order valence-electron chi connectivity index (χ0n) is 29.5. The lowest BCUT2D eigenvalue weighted by molar-refractivity contribution is -0.120. The number of carbonyl (C=O) groups is 4. The Labute approximate surface area is 301 Å². The van der Waals surface area contributed by atoms with Crippen molar-refractivity contribution in [2.75, 3.05) is 106 Å². The van der Waals surface area contributed by atoms with Gasteiger partial charge in [-0.2, -0.15) is 0 Å². The molecular weight excluding hydrogens is 688 g/mol. The summed E-state index contributed by atoms with van der Waals surface area (Å²) in [4.78, 5) is 47.7. The number of fused-ring (bicyclic) bond motifs is 4. The van der Waals surface area contributed by atoms with E-state index in [1.165, 1.54) is 26.0 Å². The zero-order chi connectivity index (χ0) is 37.2. The van der Waals surface area contributed by atoms with Crippen LogP contribution in [0.3, 0.4) is 0 Å². The molecule has 18 heteroatoms. The summed E-state index contributed by atoms with van der Waals surface area (Å²) < 4.78 is 56.5. The van der Waals surface area contributed by atoms with Crippen LogP contribution in [0.2, 0.25) is 0 Å². The summed E-state index contributed by atoms with van der Waals surface area (Å²) in [5.74, 6) is -0.560. The topological polar surface area (TPSA) is 209 Å². The fourth-order valence-electron chi connectivity index (χ4n) is 4.16. The van der Waals surface area contributed by atoms with Crippen LogP contribution in [-0.4, -0.2) is 129 Å². The van der Waals surface area contributed by atoms with E-state index in [-0.39, 0.29) is 62.3 Å². The van der Waals surface area contributed by atoms with Gasteiger partial charge >= 0.3 is 0 Å². The van der Waals surface area contributed by atoms with Crippen LogP contribution in [-0.2, 0) is 38.0 Å². The number of rotatable bonds is 2. The van der Waals surface area contributed by atoms with Crippen molar-refractivity contribution in [2.45, 2.75) is 13.8 Å². The Balaban J connectivity index is 1.52. The Bertz CT molecular complexity index is 1290. The monoisotopic (exact) mass is 736 g/mol. The second-order valence-corrected chi connectivity index (χ2v) is 10.7. The molecule has 1 aliphatic heterocycles. The molecule has 1 aliphatic rings. The molecule has 4 bridgehead atoms. The summed E-state index contributed by atoms with van der Waals surface area (Å²) >= 11 is 0. The lowest BCUT2D eigenvalue weighted by Gasteiger charge is -2.15. The van der Waals surface area contributed by atoms with Crippen molar-refractivity contribution in [3.05, 3.63) is 47.5 Å². The molecule has 0 spiro atoms. The van der Waals surface area contributed by atoms with Gasteiger partial charge in [0.25, 0.3) is 11.8 Å². The largest absolute Gasteiger partial charge is 0.491 e. The number of amides is 4. The van der Waals surface area contributed by atoms with Gasteiger partial charge in [-0.05, 0) is 24.3 Å². The summed E-state index contributed by atoms with van der Waals surface area (Å²) in [5.41, 5.74) is 9.54. The van der Waals surface area contributed by atoms with Gasteiger partial charge in [0, 0.05) is 26.0 Å². The van der Waals surface area contributed by atoms with E-state index in [0.29, 0.717) is 77.6 Å². The molecule has 18 nitrogen and oxygen atoms in total. The van der Waals surface area contributed by atoms with Crippen molar-refractivity contribution < 1.29 is 66.5 Å². The molecule has 52 heavy (non-hydrogen) atoms. The number of hydrazine groups is 2. The molecule has 4 N–H and O–H groups in total. The van der Waals surface area contributed by atoms with E-state index < -0.39 is 23.6 Å². The van der Waals surface area contributed by atoms with Crippen LogP contribution in [0.1, 0.15) is 34.6 Å². The minimum atomic E-state index is -0.560. The van der Waals surface area contributed by atoms with Gasteiger partial charge in [0.05, 0.1) is 90.4 Å². The Hall–Kier alpha value is -4.72. The van der Waals surface area contributed by atoms with Gasteiger partial charge in [-0.3, -0.25) is 40.9 Å². The van der Waals surface area contributed by atoms with E-state index in [4.69, 9.17) is 47.4 Å². The third-order valence-electron chi connectivity index (χ3n) is 6.55. The molecule has 0 aromatic heterocycles. The third-order valence-corrected chi connectivity index (χ3v) is 6.55. The SMILES string of the molecule is CC(=O)NNC(=O)c1ccc2cc1OCCOCCOCCOCCOc1cc(ccc1C(=O)NNC(C)=O)OCCOCCOCCOCCO2. The molecule has 2 aromatic carbocycles. The highest BCUT2D eigenvalue weighted by Gasteiger charge is 2.16. The van der Waals surface area contributed by atoms with E-state index in [1.54, 1.807) is 24.3 Å². The second-order valence-electron chi connectivity index (χ2n) is 10.7. The van der Waals surface area contributed by atoms with Crippen LogP contribution in [0.4, 0.5) is 0 Å². The predicted molar refractivity (Wildman–Crippen MR) is 182 cm³/mol. The van der Waals surface area contributed by atoms with E-state index in [0.717, 1.165) is 0 Å². The van der Waals surface area contributed by atoms with Crippen LogP contribution in [0.25, 0.3) is 0 Å². The van der Waals surface area contributed by atoms with Gasteiger partial charge in [0.2, 0.25) is 11.8 Å². The van der Waals surface area contributed by atoms with E-state index >= 15 is 0 Å². The molecule has 3 rings (SSSR count). The highest BCUT2D eigenvalue weighted by Crippen LogP contribution is 2.26. The average molecular weight is 737 g/mol. The fraction of sp³-hybridized carbons (Fsp3) is 0.529. The fourth-order valence-corrected chi connectivity index (χ4v) is 4.16. The second kappa shape index (κ2) is 25.3. The molecule has 0 unspecified atom stereocenters. The van der Waals surface area contributed by atoms with E-state index in [9.17, 15) is 19.2 Å². The van der Waals surface area contributed by atoms with Gasteiger partial charge in [-0.15, -0.1) is 0 Å². The number of nitrogens with one attached hydrogen (secondary N) is 4. The van der Waals surface area contributed by atoms with Crippen molar-refractivity contribution >= 4 is 23.6 Å². The zero-order valence-corrected chi connectivity index (χ0v) is 29.5. The average Bonchev–Trinajstić information content (AvgIpc) is 3.13. The number of benzene rings is 2. The molecular formula is C34H48N4O14. The van der Waals surface area contributed by atoms with Gasteiger partial charge in [-0.25, -0.2) is 0 Å². The van der Waals surface area contributed by atoms with Crippen LogP contribution < -0.4 is 40.7 Å². The predicted octanol–water partition coefficient (Wildman–Crippen LogP) is 0.577. The first kappa shape index (κ1) is 41.7. The molecule has 0 saturated heterocycles. The Morgan fingerprint density at radius 1 is 0.404 bits per heavy atom. The first-order chi connectivity index (χ1) is 25.3. The first-order valence-electron chi connectivity index (χ1n) is 16.7. The van der Waals surface area contributed by atoms with Crippen LogP contribution >= 0.6 is 0 Å². The number of carbonyl (C=O) groups excluding carboxylic acids is 4. The van der Waals surface area contributed by atoms with Crippen molar-refractivity contribution in [3.8, 4) is 23.0 Å². The minimum Gasteiger partial charge on any atom is -0.491 e. The number of hydrogen-bond donors (Lipinski definition) is 4. The van der Waals surface area contributed by atoms with E-state index in [2.05, 4.69) is 21.7 Å². The highest BCUT2D eigenvalue weighted by atomic mass is 16.6. The van der Waals surface area contributed by atoms with Gasteiger partial charge < -0.3 is 47.4 Å². The van der Waals surface area contributed by atoms with Crippen molar-refractivity contribution in [1.82, 2.24) is 21.7 Å². The third kappa shape index (κ3) is 17.5. The lowest BCUT2D eigenvalue weighted by Crippen LogP contribution is -2.40. The van der Waals surface area contributed by atoms with Gasteiger partial charge in [-0.1, -0.05) is 0 Å². The summed E-state index contributed by atoms with van der Waals surface area (Å²) in [6.45, 7) is 6.97. The standard InChI is InChI=1S/C34H48N4O14/c1-25(39)35-37-33(41)29-5-3-27-23-31(29)51-21-17-47-13-9-44-10-14-48-18-22-52-32-24-28(4-6-30(32)34(42)38-36-26(2)40)50-20-16-46-12-8-43-7-11-45-15-19-49-27/h3-6,23-24H,7-22H2,1-2H3,(H,35,39)(H,36,40)(H,37,41)(H,38,42). The normalized spacial score (nSPS) is 16.7. The van der Waals surface area contributed by atoms with Crippen molar-refractivity contribution in [3.63, 3.8) is 0 Å². The number of hydrogen-bond acceptors (Lipinski definition) is 14. The Morgan fingerprint density at radius 3 is 1.00 bits per heavy atom. The maximum Gasteiger partial charge on any atom is 0.273 e. The summed E-state index contributed by atoms with van der Waals surface area (Å²) in [5, 5.41) is 0. The molecule has 0 radical (unpaired) electrons. The lowest BCUT2D eigenvalue weighted by atomic mass is 10.2. The molecule has 0 atom stereocenters. The minimum absolute atomic E-state index is 0.132. The summed E-state index contributed by atoms with van der Waals surface area (Å²) in [6.07, 6.45) is 0. The molecule has 0 fully saturated rings. The maximum atomic E-state index is 12.6. The molecule has 2 aromatic rings. The van der Waals surface area contributed by atoms with Crippen molar-refractivity contribution in [1.29, 1.82) is 0 Å². The smallest absolute Gasteiger partial charge is 0.273 e. The molecule has 1 heterocycles. The van der Waals surface area contributed by atoms with Gasteiger partial charge in [0.15, 0.2) is 0 Å².